The van der Waals surface area contributed by atoms with Crippen LogP contribution in [-0.2, 0) is 4.74 Å². The number of nitrogens with zero attached hydrogens (tertiary/aromatic N) is 4. The number of ether oxygens (including phenoxy) is 1. The minimum Gasteiger partial charge on any atom is -0.464 e. The number of aliphatic hydroxyl groups is 1. The predicted molar refractivity (Wildman–Crippen MR) is 99.4 cm³/mol. The van der Waals surface area contributed by atoms with Gasteiger partial charge in [-0.25, -0.2) is 19.3 Å². The van der Waals surface area contributed by atoms with Crippen molar-refractivity contribution < 1.29 is 14.6 Å². The van der Waals surface area contributed by atoms with Gasteiger partial charge in [0.2, 0.25) is 0 Å². The lowest BCUT2D eigenvalue weighted by molar-refractivity contribution is 0.0594. The Morgan fingerprint density at radius 2 is 2.04 bits per heavy atom. The van der Waals surface area contributed by atoms with Crippen LogP contribution in [0.1, 0.15) is 36.2 Å². The summed E-state index contributed by atoms with van der Waals surface area (Å²) >= 11 is 0. The zero-order valence-electron chi connectivity index (χ0n) is 15.0. The molecule has 0 radical (unpaired) electrons. The van der Waals surface area contributed by atoms with Gasteiger partial charge in [-0.3, -0.25) is 0 Å². The van der Waals surface area contributed by atoms with Gasteiger partial charge in [-0.15, -0.1) is 5.10 Å². The molecule has 0 atom stereocenters. The SMILES string of the molecule is COC(=O)c1cc(-c2cnc3ccc(N[C@H]4CC[C@H](O)CC4)nn23)ccn1. The van der Waals surface area contributed by atoms with Crippen molar-refractivity contribution in [3.05, 3.63) is 42.4 Å². The summed E-state index contributed by atoms with van der Waals surface area (Å²) in [6.07, 6.45) is 6.56. The van der Waals surface area contributed by atoms with Crippen LogP contribution in [0.3, 0.4) is 0 Å². The second-order valence-corrected chi connectivity index (χ2v) is 6.70. The Hall–Kier alpha value is -3.00. The zero-order chi connectivity index (χ0) is 18.8. The van der Waals surface area contributed by atoms with Crippen LogP contribution in [0.4, 0.5) is 5.82 Å². The number of aromatic nitrogens is 4. The molecule has 27 heavy (non-hydrogen) atoms. The number of carbonyl (C=O) groups is 1. The fourth-order valence-corrected chi connectivity index (χ4v) is 3.38. The van der Waals surface area contributed by atoms with Crippen LogP contribution in [0.25, 0.3) is 16.9 Å². The van der Waals surface area contributed by atoms with E-state index in [9.17, 15) is 9.90 Å². The molecular formula is C19H21N5O3. The Morgan fingerprint density at radius 3 is 2.81 bits per heavy atom. The second kappa shape index (κ2) is 7.32. The fraction of sp³-hybridized carbons (Fsp3) is 0.368. The lowest BCUT2D eigenvalue weighted by Crippen LogP contribution is -2.28. The van der Waals surface area contributed by atoms with E-state index in [0.29, 0.717) is 11.7 Å². The van der Waals surface area contributed by atoms with Gasteiger partial charge in [-0.05, 0) is 49.9 Å². The largest absolute Gasteiger partial charge is 0.464 e. The molecule has 0 unspecified atom stereocenters. The molecule has 3 aromatic heterocycles. The first-order valence-electron chi connectivity index (χ1n) is 8.98. The number of methoxy groups -OCH3 is 1. The van der Waals surface area contributed by atoms with Gasteiger partial charge in [0.25, 0.3) is 0 Å². The number of pyridine rings is 1. The lowest BCUT2D eigenvalue weighted by Gasteiger charge is -2.26. The van der Waals surface area contributed by atoms with Gasteiger partial charge in [-0.2, -0.15) is 0 Å². The number of esters is 1. The number of fused-ring (bicyclic) bond motifs is 1. The molecule has 2 N–H and O–H groups in total. The van der Waals surface area contributed by atoms with Crippen LogP contribution >= 0.6 is 0 Å². The standard InChI is InChI=1S/C19H21N5O3/c1-27-19(26)15-10-12(8-9-20-15)16-11-21-18-7-6-17(23-24(16)18)22-13-2-4-14(25)5-3-13/h6-11,13-14,25H,2-5H2,1H3,(H,22,23)/t13-,14-. The monoisotopic (exact) mass is 367 g/mol. The third-order valence-corrected chi connectivity index (χ3v) is 4.86. The predicted octanol–water partition coefficient (Wildman–Crippen LogP) is 2.29. The maximum absolute atomic E-state index is 11.7. The van der Waals surface area contributed by atoms with Crippen LogP contribution in [0.2, 0.25) is 0 Å². The summed E-state index contributed by atoms with van der Waals surface area (Å²) in [5.74, 6) is 0.269. The molecule has 1 saturated carbocycles. The molecule has 0 aromatic carbocycles. The molecule has 8 heteroatoms. The van der Waals surface area contributed by atoms with Crippen LogP contribution in [-0.4, -0.2) is 49.9 Å². The smallest absolute Gasteiger partial charge is 0.356 e. The fourth-order valence-electron chi connectivity index (χ4n) is 3.38. The minimum absolute atomic E-state index is 0.186. The summed E-state index contributed by atoms with van der Waals surface area (Å²) in [5, 5.41) is 17.8. The van der Waals surface area contributed by atoms with E-state index >= 15 is 0 Å². The molecule has 0 amide bonds. The van der Waals surface area contributed by atoms with Crippen molar-refractivity contribution in [3.63, 3.8) is 0 Å². The maximum Gasteiger partial charge on any atom is 0.356 e. The minimum atomic E-state index is -0.486. The molecule has 1 aliphatic rings. The van der Waals surface area contributed by atoms with E-state index in [1.807, 2.05) is 12.1 Å². The van der Waals surface area contributed by atoms with Crippen molar-refractivity contribution in [1.82, 2.24) is 19.6 Å². The highest BCUT2D eigenvalue weighted by Crippen LogP contribution is 2.24. The second-order valence-electron chi connectivity index (χ2n) is 6.70. The molecule has 3 aromatic rings. The van der Waals surface area contributed by atoms with E-state index in [4.69, 9.17) is 4.74 Å². The third kappa shape index (κ3) is 3.61. The summed E-state index contributed by atoms with van der Waals surface area (Å²) in [6.45, 7) is 0. The number of nitrogens with one attached hydrogen (secondary N) is 1. The number of hydrogen-bond donors (Lipinski definition) is 2. The number of anilines is 1. The Balaban J connectivity index is 1.63. The van der Waals surface area contributed by atoms with E-state index in [2.05, 4.69) is 20.4 Å². The van der Waals surface area contributed by atoms with Crippen LogP contribution in [0.15, 0.2) is 36.7 Å². The van der Waals surface area contributed by atoms with Crippen molar-refractivity contribution in [2.24, 2.45) is 0 Å². The van der Waals surface area contributed by atoms with Crippen molar-refractivity contribution in [3.8, 4) is 11.3 Å². The molecular weight excluding hydrogens is 346 g/mol. The molecule has 4 rings (SSSR count). The van der Waals surface area contributed by atoms with Gasteiger partial charge in [0.1, 0.15) is 11.5 Å². The number of hydrogen-bond acceptors (Lipinski definition) is 7. The summed E-state index contributed by atoms with van der Waals surface area (Å²) in [7, 11) is 1.33. The summed E-state index contributed by atoms with van der Waals surface area (Å²) in [6, 6.07) is 7.58. The molecule has 3 heterocycles. The average Bonchev–Trinajstić information content (AvgIpc) is 3.12. The Labute approximate surface area is 156 Å². The number of rotatable bonds is 4. The Bertz CT molecular complexity index is 963. The average molecular weight is 367 g/mol. The van der Waals surface area contributed by atoms with E-state index in [-0.39, 0.29) is 11.8 Å². The van der Waals surface area contributed by atoms with Gasteiger partial charge in [0.05, 0.1) is 25.1 Å². The molecule has 0 bridgehead atoms. The molecule has 140 valence electrons. The molecule has 1 fully saturated rings. The first-order valence-corrected chi connectivity index (χ1v) is 8.98. The summed E-state index contributed by atoms with van der Waals surface area (Å²) < 4.78 is 6.49. The molecule has 0 aliphatic heterocycles. The van der Waals surface area contributed by atoms with Gasteiger partial charge in [-0.1, -0.05) is 0 Å². The highest BCUT2D eigenvalue weighted by atomic mass is 16.5. The van der Waals surface area contributed by atoms with Crippen molar-refractivity contribution in [2.75, 3.05) is 12.4 Å². The van der Waals surface area contributed by atoms with Crippen LogP contribution in [0, 0.1) is 0 Å². The van der Waals surface area contributed by atoms with Gasteiger partial charge < -0.3 is 15.2 Å². The van der Waals surface area contributed by atoms with Crippen molar-refractivity contribution in [2.45, 2.75) is 37.8 Å². The topological polar surface area (TPSA) is 102 Å². The van der Waals surface area contributed by atoms with Gasteiger partial charge in [0, 0.05) is 17.8 Å². The zero-order valence-corrected chi connectivity index (χ0v) is 15.0. The van der Waals surface area contributed by atoms with Crippen molar-refractivity contribution >= 4 is 17.4 Å². The van der Waals surface area contributed by atoms with Crippen LogP contribution < -0.4 is 5.32 Å². The van der Waals surface area contributed by atoms with E-state index in [1.54, 1.807) is 29.0 Å². The van der Waals surface area contributed by atoms with E-state index in [0.717, 1.165) is 42.8 Å². The van der Waals surface area contributed by atoms with Gasteiger partial charge in [0.15, 0.2) is 5.65 Å². The highest BCUT2D eigenvalue weighted by molar-refractivity contribution is 5.88. The van der Waals surface area contributed by atoms with Gasteiger partial charge >= 0.3 is 5.97 Å². The third-order valence-electron chi connectivity index (χ3n) is 4.86. The lowest BCUT2D eigenvalue weighted by atomic mass is 9.93. The quantitative estimate of drug-likeness (QED) is 0.682. The normalized spacial score (nSPS) is 19.8. The molecule has 1 aliphatic carbocycles. The number of carbonyl (C=O) groups excluding carboxylic acids is 1. The molecule has 0 spiro atoms. The maximum atomic E-state index is 11.7. The Kier molecular flexibility index (Phi) is 4.72. The Morgan fingerprint density at radius 1 is 1.22 bits per heavy atom. The first kappa shape index (κ1) is 17.4. The molecule has 0 saturated heterocycles. The van der Waals surface area contributed by atoms with Crippen molar-refractivity contribution in [1.29, 1.82) is 0 Å². The van der Waals surface area contributed by atoms with E-state index < -0.39 is 5.97 Å². The molecule has 8 nitrogen and oxygen atoms in total. The summed E-state index contributed by atoms with van der Waals surface area (Å²) in [4.78, 5) is 20.2. The summed E-state index contributed by atoms with van der Waals surface area (Å²) in [5.41, 5.74) is 2.50. The highest BCUT2D eigenvalue weighted by Gasteiger charge is 2.20. The number of aliphatic hydroxyl groups excluding tert-OH is 1. The van der Waals surface area contributed by atoms with Crippen LogP contribution in [0.5, 0.6) is 0 Å². The number of imidazole rings is 1. The van der Waals surface area contributed by atoms with E-state index in [1.165, 1.54) is 7.11 Å². The first-order chi connectivity index (χ1) is 13.1.